The van der Waals surface area contributed by atoms with Gasteiger partial charge in [-0.25, -0.2) is 9.37 Å². The van der Waals surface area contributed by atoms with Crippen molar-refractivity contribution < 1.29 is 4.39 Å². The Bertz CT molecular complexity index is 466. The van der Waals surface area contributed by atoms with Gasteiger partial charge in [-0.1, -0.05) is 24.3 Å². The minimum absolute atomic E-state index is 0.318. The molecule has 2 rings (SSSR count). The quantitative estimate of drug-likeness (QED) is 0.852. The summed E-state index contributed by atoms with van der Waals surface area (Å²) in [7, 11) is 0. The molecule has 0 radical (unpaired) electrons. The first-order chi connectivity index (χ1) is 7.75. The molecule has 0 aliphatic heterocycles. The van der Waals surface area contributed by atoms with Gasteiger partial charge in [0.15, 0.2) is 0 Å². The number of aryl methyl sites for hydroxylation is 1. The van der Waals surface area contributed by atoms with Crippen molar-refractivity contribution >= 4 is 5.82 Å². The lowest BCUT2D eigenvalue weighted by molar-refractivity contribution is 0.621. The fraction of sp³-hybridized carbons (Fsp3) is 0.154. The van der Waals surface area contributed by atoms with Gasteiger partial charge in [-0.15, -0.1) is 0 Å². The molecule has 0 unspecified atom stereocenters. The summed E-state index contributed by atoms with van der Waals surface area (Å²) >= 11 is 0. The summed E-state index contributed by atoms with van der Waals surface area (Å²) in [5, 5.41) is 3.15. The maximum atomic E-state index is 12.6. The zero-order chi connectivity index (χ0) is 11.4. The number of anilines is 1. The van der Waals surface area contributed by atoms with Gasteiger partial charge >= 0.3 is 0 Å². The van der Waals surface area contributed by atoms with Gasteiger partial charge in [0.2, 0.25) is 0 Å². The van der Waals surface area contributed by atoms with Crippen LogP contribution in [-0.4, -0.2) is 4.98 Å². The number of rotatable bonds is 3. The van der Waals surface area contributed by atoms with Gasteiger partial charge in [0.25, 0.3) is 0 Å². The van der Waals surface area contributed by atoms with E-state index in [-0.39, 0.29) is 5.82 Å². The molecule has 0 amide bonds. The first-order valence-electron chi connectivity index (χ1n) is 5.15. The molecule has 0 saturated heterocycles. The molecular formula is C13H13FN2. The van der Waals surface area contributed by atoms with Crippen molar-refractivity contribution in [3.63, 3.8) is 0 Å². The second-order valence-corrected chi connectivity index (χ2v) is 3.64. The third kappa shape index (κ3) is 2.57. The molecule has 0 atom stereocenters. The van der Waals surface area contributed by atoms with Crippen molar-refractivity contribution in [3.8, 4) is 0 Å². The van der Waals surface area contributed by atoms with Crippen molar-refractivity contribution in [1.82, 2.24) is 4.98 Å². The van der Waals surface area contributed by atoms with E-state index in [0.717, 1.165) is 0 Å². The van der Waals surface area contributed by atoms with Gasteiger partial charge in [-0.2, -0.15) is 0 Å². The van der Waals surface area contributed by atoms with Crippen LogP contribution in [0.4, 0.5) is 10.2 Å². The number of halogens is 1. The number of hydrogen-bond acceptors (Lipinski definition) is 2. The summed E-state index contributed by atoms with van der Waals surface area (Å²) in [6.07, 6.45) is 1.21. The molecule has 16 heavy (non-hydrogen) atoms. The van der Waals surface area contributed by atoms with Crippen LogP contribution >= 0.6 is 0 Å². The maximum absolute atomic E-state index is 12.6. The van der Waals surface area contributed by atoms with Gasteiger partial charge in [-0.05, 0) is 30.2 Å². The third-order valence-corrected chi connectivity index (χ3v) is 2.45. The average Bonchev–Trinajstić information content (AvgIpc) is 2.30. The summed E-state index contributed by atoms with van der Waals surface area (Å²) in [4.78, 5) is 3.94. The van der Waals surface area contributed by atoms with Crippen LogP contribution in [0.25, 0.3) is 0 Å². The van der Waals surface area contributed by atoms with E-state index in [1.54, 1.807) is 6.07 Å². The molecule has 0 bridgehead atoms. The zero-order valence-electron chi connectivity index (χ0n) is 9.07. The molecule has 82 valence electrons. The highest BCUT2D eigenvalue weighted by molar-refractivity contribution is 5.36. The highest BCUT2D eigenvalue weighted by atomic mass is 19.1. The summed E-state index contributed by atoms with van der Waals surface area (Å²) in [5.74, 6) is 0.367. The number of nitrogens with one attached hydrogen (secondary N) is 1. The molecule has 3 heteroatoms. The van der Waals surface area contributed by atoms with Gasteiger partial charge in [0.05, 0.1) is 6.20 Å². The minimum atomic E-state index is -0.318. The first-order valence-corrected chi connectivity index (χ1v) is 5.15. The highest BCUT2D eigenvalue weighted by Gasteiger charge is 1.98. The molecule has 0 aliphatic rings. The standard InChI is InChI=1S/C13H13FN2/c1-10-4-2-3-5-11(10)8-15-13-7-6-12(14)9-16-13/h2-7,9H,8H2,1H3,(H,15,16). The maximum Gasteiger partial charge on any atom is 0.141 e. The molecular weight excluding hydrogens is 203 g/mol. The van der Waals surface area contributed by atoms with Crippen molar-refractivity contribution in [2.24, 2.45) is 0 Å². The Morgan fingerprint density at radius 3 is 2.69 bits per heavy atom. The Morgan fingerprint density at radius 1 is 1.19 bits per heavy atom. The monoisotopic (exact) mass is 216 g/mol. The number of nitrogens with zero attached hydrogens (tertiary/aromatic N) is 1. The summed E-state index contributed by atoms with van der Waals surface area (Å²) in [6, 6.07) is 11.2. The topological polar surface area (TPSA) is 24.9 Å². The Labute approximate surface area is 94.2 Å². The van der Waals surface area contributed by atoms with Crippen molar-refractivity contribution in [2.75, 3.05) is 5.32 Å². The van der Waals surface area contributed by atoms with E-state index in [0.29, 0.717) is 12.4 Å². The number of aromatic nitrogens is 1. The molecule has 1 N–H and O–H groups in total. The van der Waals surface area contributed by atoms with E-state index in [1.807, 2.05) is 12.1 Å². The van der Waals surface area contributed by atoms with Crippen LogP contribution in [0, 0.1) is 12.7 Å². The molecule has 0 fully saturated rings. The number of benzene rings is 1. The van der Waals surface area contributed by atoms with Crippen molar-refractivity contribution in [2.45, 2.75) is 13.5 Å². The fourth-order valence-electron chi connectivity index (χ4n) is 1.47. The van der Waals surface area contributed by atoms with Gasteiger partial charge < -0.3 is 5.32 Å². The van der Waals surface area contributed by atoms with E-state index in [2.05, 4.69) is 29.4 Å². The summed E-state index contributed by atoms with van der Waals surface area (Å²) < 4.78 is 12.6. The Morgan fingerprint density at radius 2 is 2.00 bits per heavy atom. The second-order valence-electron chi connectivity index (χ2n) is 3.64. The van der Waals surface area contributed by atoms with Crippen LogP contribution in [-0.2, 0) is 6.54 Å². The molecule has 1 aromatic heterocycles. The van der Waals surface area contributed by atoms with Crippen LogP contribution in [0.1, 0.15) is 11.1 Å². The largest absolute Gasteiger partial charge is 0.366 e. The summed E-state index contributed by atoms with van der Waals surface area (Å²) in [5.41, 5.74) is 2.45. The third-order valence-electron chi connectivity index (χ3n) is 2.45. The SMILES string of the molecule is Cc1ccccc1CNc1ccc(F)cn1. The van der Waals surface area contributed by atoms with Crippen LogP contribution in [0.3, 0.4) is 0 Å². The minimum Gasteiger partial charge on any atom is -0.366 e. The molecule has 0 aliphatic carbocycles. The molecule has 0 saturated carbocycles. The van der Waals surface area contributed by atoms with Crippen molar-refractivity contribution in [3.05, 3.63) is 59.5 Å². The predicted octanol–water partition coefficient (Wildman–Crippen LogP) is 3.14. The fourth-order valence-corrected chi connectivity index (χ4v) is 1.47. The van der Waals surface area contributed by atoms with Gasteiger partial charge in [0, 0.05) is 6.54 Å². The van der Waals surface area contributed by atoms with E-state index in [1.165, 1.54) is 23.4 Å². The molecule has 1 heterocycles. The van der Waals surface area contributed by atoms with Crippen LogP contribution < -0.4 is 5.32 Å². The lowest BCUT2D eigenvalue weighted by Crippen LogP contribution is -2.02. The van der Waals surface area contributed by atoms with E-state index in [4.69, 9.17) is 0 Å². The highest BCUT2D eigenvalue weighted by Crippen LogP contribution is 2.10. The summed E-state index contributed by atoms with van der Waals surface area (Å²) in [6.45, 7) is 2.76. The number of hydrogen-bond donors (Lipinski definition) is 1. The second kappa shape index (κ2) is 4.75. The Hall–Kier alpha value is -1.90. The Balaban J connectivity index is 2.02. The zero-order valence-corrected chi connectivity index (χ0v) is 9.07. The normalized spacial score (nSPS) is 10.1. The Kier molecular flexibility index (Phi) is 3.15. The van der Waals surface area contributed by atoms with Crippen LogP contribution in [0.5, 0.6) is 0 Å². The molecule has 0 spiro atoms. The first kappa shape index (κ1) is 10.6. The van der Waals surface area contributed by atoms with E-state index in [9.17, 15) is 4.39 Å². The molecule has 2 nitrogen and oxygen atoms in total. The van der Waals surface area contributed by atoms with Crippen molar-refractivity contribution in [1.29, 1.82) is 0 Å². The van der Waals surface area contributed by atoms with Gasteiger partial charge in [-0.3, -0.25) is 0 Å². The van der Waals surface area contributed by atoms with Gasteiger partial charge in [0.1, 0.15) is 11.6 Å². The predicted molar refractivity (Wildman–Crippen MR) is 62.7 cm³/mol. The van der Waals surface area contributed by atoms with E-state index >= 15 is 0 Å². The average molecular weight is 216 g/mol. The number of pyridine rings is 1. The molecule has 2 aromatic rings. The van der Waals surface area contributed by atoms with Crippen LogP contribution in [0.15, 0.2) is 42.6 Å². The van der Waals surface area contributed by atoms with E-state index < -0.39 is 0 Å². The van der Waals surface area contributed by atoms with Crippen LogP contribution in [0.2, 0.25) is 0 Å². The smallest absolute Gasteiger partial charge is 0.141 e. The lowest BCUT2D eigenvalue weighted by atomic mass is 10.1. The molecule has 1 aromatic carbocycles. The lowest BCUT2D eigenvalue weighted by Gasteiger charge is -2.07.